The first-order valence-electron chi connectivity index (χ1n) is 10.3. The van der Waals surface area contributed by atoms with Gasteiger partial charge in [-0.25, -0.2) is 0 Å². The molecule has 7 nitrogen and oxygen atoms in total. The molecule has 0 saturated carbocycles. The third kappa shape index (κ3) is 4.10. The van der Waals surface area contributed by atoms with Gasteiger partial charge >= 0.3 is 0 Å². The Balaban J connectivity index is 1.82. The highest BCUT2D eigenvalue weighted by Crippen LogP contribution is 2.43. The van der Waals surface area contributed by atoms with Gasteiger partial charge in [-0.1, -0.05) is 43.6 Å². The fourth-order valence-corrected chi connectivity index (χ4v) is 4.44. The Kier molecular flexibility index (Phi) is 5.97. The van der Waals surface area contributed by atoms with Crippen LogP contribution in [0.3, 0.4) is 0 Å². The van der Waals surface area contributed by atoms with Crippen LogP contribution in [0.4, 0.5) is 5.69 Å². The predicted molar refractivity (Wildman–Crippen MR) is 121 cm³/mol. The first kappa shape index (κ1) is 21.6. The van der Waals surface area contributed by atoms with Crippen molar-refractivity contribution in [3.8, 4) is 6.07 Å². The summed E-state index contributed by atoms with van der Waals surface area (Å²) in [5, 5.41) is 19.4. The molecular formula is C24H22ClN5O2. The number of nitrogens with one attached hydrogen (secondary N) is 2. The maximum atomic E-state index is 13.7. The number of anilines is 1. The van der Waals surface area contributed by atoms with Crippen LogP contribution in [0.2, 0.25) is 5.02 Å². The topological polar surface area (TPSA) is 102 Å². The normalized spacial score (nSPS) is 17.7. The van der Waals surface area contributed by atoms with Crippen molar-refractivity contribution in [1.82, 2.24) is 15.1 Å². The monoisotopic (exact) mass is 447 g/mol. The summed E-state index contributed by atoms with van der Waals surface area (Å²) >= 11 is 6.12. The van der Waals surface area contributed by atoms with Crippen molar-refractivity contribution in [2.45, 2.75) is 25.8 Å². The molecule has 2 atom stereocenters. The first-order chi connectivity index (χ1) is 15.4. The van der Waals surface area contributed by atoms with E-state index in [2.05, 4.69) is 15.5 Å². The third-order valence-electron chi connectivity index (χ3n) is 5.44. The van der Waals surface area contributed by atoms with Crippen LogP contribution in [0.1, 0.15) is 52.9 Å². The summed E-state index contributed by atoms with van der Waals surface area (Å²) < 4.78 is 0. The molecule has 1 aliphatic rings. The van der Waals surface area contributed by atoms with Crippen LogP contribution < -0.4 is 5.32 Å². The van der Waals surface area contributed by atoms with Gasteiger partial charge in [0.05, 0.1) is 29.8 Å². The van der Waals surface area contributed by atoms with Gasteiger partial charge in [-0.3, -0.25) is 14.7 Å². The number of hydrogen-bond donors (Lipinski definition) is 2. The van der Waals surface area contributed by atoms with E-state index in [1.54, 1.807) is 41.6 Å². The summed E-state index contributed by atoms with van der Waals surface area (Å²) in [7, 11) is 0. The molecule has 2 aromatic carbocycles. The molecule has 0 unspecified atom stereocenters. The van der Waals surface area contributed by atoms with Crippen LogP contribution in [0.25, 0.3) is 0 Å². The number of aromatic nitrogens is 2. The largest absolute Gasteiger partial charge is 0.330 e. The van der Waals surface area contributed by atoms with Gasteiger partial charge in [0.1, 0.15) is 0 Å². The lowest BCUT2D eigenvalue weighted by Crippen LogP contribution is -2.47. The Hall–Kier alpha value is -3.63. The van der Waals surface area contributed by atoms with E-state index >= 15 is 0 Å². The molecule has 0 aliphatic carbocycles. The predicted octanol–water partition coefficient (Wildman–Crippen LogP) is 4.51. The number of nitrogens with zero attached hydrogens (tertiary/aromatic N) is 3. The molecule has 32 heavy (non-hydrogen) atoms. The maximum Gasteiger partial charge on any atom is 0.254 e. The molecule has 0 fully saturated rings. The average molecular weight is 448 g/mol. The second kappa shape index (κ2) is 8.85. The highest BCUT2D eigenvalue weighted by atomic mass is 35.5. The van der Waals surface area contributed by atoms with E-state index < -0.39 is 12.0 Å². The molecule has 3 aromatic rings. The zero-order valence-corrected chi connectivity index (χ0v) is 18.4. The van der Waals surface area contributed by atoms with Gasteiger partial charge in [-0.05, 0) is 35.7 Å². The smallest absolute Gasteiger partial charge is 0.254 e. The standard InChI is InChI=1S/C24H22ClN5O2/c1-14(2)13-30-22(16-11-27-28-12-16)21(19-5-3-4-6-20(19)24(30)32)23(31)29-18-8-15(10-26)7-17(25)9-18/h3-9,11-12,14,21-22H,13H2,1-2H3,(H,27,28)(H,29,31)/t21-,22+/m1/s1. The lowest BCUT2D eigenvalue weighted by molar-refractivity contribution is -0.119. The van der Waals surface area contributed by atoms with Crippen molar-refractivity contribution in [3.63, 3.8) is 0 Å². The van der Waals surface area contributed by atoms with Crippen molar-refractivity contribution in [2.75, 3.05) is 11.9 Å². The van der Waals surface area contributed by atoms with E-state index in [1.807, 2.05) is 32.0 Å². The summed E-state index contributed by atoms with van der Waals surface area (Å²) in [6, 6.07) is 13.4. The quantitative estimate of drug-likeness (QED) is 0.600. The van der Waals surface area contributed by atoms with Gasteiger partial charge in [-0.15, -0.1) is 0 Å². The Morgan fingerprint density at radius 2 is 2.09 bits per heavy atom. The minimum atomic E-state index is -0.676. The summed E-state index contributed by atoms with van der Waals surface area (Å²) in [6.45, 7) is 4.55. The van der Waals surface area contributed by atoms with E-state index in [9.17, 15) is 14.9 Å². The summed E-state index contributed by atoms with van der Waals surface area (Å²) in [5.41, 5.74) is 2.69. The maximum absolute atomic E-state index is 13.7. The van der Waals surface area contributed by atoms with Gasteiger partial charge in [0.25, 0.3) is 5.91 Å². The highest BCUT2D eigenvalue weighted by molar-refractivity contribution is 6.31. The number of benzene rings is 2. The van der Waals surface area contributed by atoms with Gasteiger partial charge in [0, 0.05) is 34.6 Å². The minimum absolute atomic E-state index is 0.112. The fourth-order valence-electron chi connectivity index (χ4n) is 4.21. The highest BCUT2D eigenvalue weighted by Gasteiger charge is 2.44. The van der Waals surface area contributed by atoms with E-state index in [4.69, 9.17) is 11.6 Å². The van der Waals surface area contributed by atoms with Crippen LogP contribution in [-0.2, 0) is 4.79 Å². The summed E-state index contributed by atoms with van der Waals surface area (Å²) in [4.78, 5) is 28.9. The van der Waals surface area contributed by atoms with E-state index in [0.29, 0.717) is 33.9 Å². The molecule has 1 aliphatic heterocycles. The molecule has 8 heteroatoms. The molecule has 2 N–H and O–H groups in total. The average Bonchev–Trinajstić information content (AvgIpc) is 3.29. The lowest BCUT2D eigenvalue weighted by atomic mass is 9.79. The van der Waals surface area contributed by atoms with Gasteiger partial charge in [0.15, 0.2) is 0 Å². The van der Waals surface area contributed by atoms with Gasteiger partial charge in [-0.2, -0.15) is 10.4 Å². The molecular weight excluding hydrogens is 426 g/mol. The first-order valence-corrected chi connectivity index (χ1v) is 10.7. The number of nitriles is 1. The molecule has 2 heterocycles. The molecule has 162 valence electrons. The zero-order chi connectivity index (χ0) is 22.8. The third-order valence-corrected chi connectivity index (χ3v) is 5.66. The van der Waals surface area contributed by atoms with Gasteiger partial charge < -0.3 is 10.2 Å². The van der Waals surface area contributed by atoms with Crippen molar-refractivity contribution < 1.29 is 9.59 Å². The molecule has 0 spiro atoms. The number of fused-ring (bicyclic) bond motifs is 1. The van der Waals surface area contributed by atoms with E-state index in [-0.39, 0.29) is 17.7 Å². The zero-order valence-electron chi connectivity index (χ0n) is 17.7. The lowest BCUT2D eigenvalue weighted by Gasteiger charge is -2.42. The van der Waals surface area contributed by atoms with E-state index in [0.717, 1.165) is 5.56 Å². The second-order valence-corrected chi connectivity index (χ2v) is 8.66. The number of carbonyl (C=O) groups is 2. The molecule has 0 radical (unpaired) electrons. The molecule has 0 bridgehead atoms. The van der Waals surface area contributed by atoms with E-state index in [1.165, 1.54) is 6.07 Å². The van der Waals surface area contributed by atoms with Crippen LogP contribution in [-0.4, -0.2) is 33.5 Å². The number of aromatic amines is 1. The number of H-pyrrole nitrogens is 1. The number of rotatable bonds is 5. The Morgan fingerprint density at radius 3 is 2.78 bits per heavy atom. The molecule has 4 rings (SSSR count). The van der Waals surface area contributed by atoms with Gasteiger partial charge in [0.2, 0.25) is 5.91 Å². The Labute approximate surface area is 191 Å². The van der Waals surface area contributed by atoms with Crippen molar-refractivity contribution in [3.05, 3.63) is 82.1 Å². The number of halogens is 1. The number of carbonyl (C=O) groups excluding carboxylic acids is 2. The summed E-state index contributed by atoms with van der Waals surface area (Å²) in [6.07, 6.45) is 3.36. The SMILES string of the molecule is CC(C)CN1C(=O)c2ccccc2[C@@H](C(=O)Nc2cc(Cl)cc(C#N)c2)[C@@H]1c1cn[nH]c1. The van der Waals surface area contributed by atoms with Crippen LogP contribution in [0, 0.1) is 17.2 Å². The van der Waals surface area contributed by atoms with Crippen LogP contribution in [0.15, 0.2) is 54.9 Å². The number of amides is 2. The van der Waals surface area contributed by atoms with Crippen molar-refractivity contribution in [1.29, 1.82) is 5.26 Å². The molecule has 1 aromatic heterocycles. The summed E-state index contributed by atoms with van der Waals surface area (Å²) in [5.74, 6) is -0.881. The second-order valence-electron chi connectivity index (χ2n) is 8.22. The van der Waals surface area contributed by atoms with Crippen molar-refractivity contribution >= 4 is 29.1 Å². The number of hydrogen-bond acceptors (Lipinski definition) is 4. The fraction of sp³-hybridized carbons (Fsp3) is 0.250. The van der Waals surface area contributed by atoms with Crippen LogP contribution >= 0.6 is 11.6 Å². The molecule has 2 amide bonds. The minimum Gasteiger partial charge on any atom is -0.330 e. The Bertz CT molecular complexity index is 1200. The Morgan fingerprint density at radius 1 is 1.31 bits per heavy atom. The van der Waals surface area contributed by atoms with Crippen molar-refractivity contribution in [2.24, 2.45) is 5.92 Å². The van der Waals surface area contributed by atoms with Crippen LogP contribution in [0.5, 0.6) is 0 Å². The molecule has 0 saturated heterocycles.